The molecule has 0 unspecified atom stereocenters. The van der Waals surface area contributed by atoms with E-state index >= 15 is 0 Å². The fraction of sp³-hybridized carbons (Fsp3) is 0.545. The Morgan fingerprint density at radius 3 is 2.43 bits per heavy atom. The average Bonchev–Trinajstić information content (AvgIpc) is 2.76. The number of nitrogens with zero attached hydrogens (tertiary/aromatic N) is 4. The fourth-order valence-electron chi connectivity index (χ4n) is 4.48. The number of benzene rings is 1. The van der Waals surface area contributed by atoms with E-state index in [2.05, 4.69) is 20.1 Å². The van der Waals surface area contributed by atoms with Crippen molar-refractivity contribution in [1.82, 2.24) is 14.9 Å². The van der Waals surface area contributed by atoms with Crippen molar-refractivity contribution in [3.8, 4) is 0 Å². The maximum Gasteiger partial charge on any atom is 0.227 e. The zero-order valence-electron chi connectivity index (χ0n) is 17.3. The molecule has 2 aliphatic rings. The minimum atomic E-state index is -0.0711. The number of nitrogens with one attached hydrogen (secondary N) is 1. The Morgan fingerprint density at radius 2 is 1.73 bits per heavy atom. The van der Waals surface area contributed by atoms with E-state index in [9.17, 15) is 0 Å². The number of aromatic nitrogens is 2. The summed E-state index contributed by atoms with van der Waals surface area (Å²) in [5, 5.41) is 5.11. The Balaban J connectivity index is 1.42. The van der Waals surface area contributed by atoms with Crippen molar-refractivity contribution in [3.63, 3.8) is 0 Å². The van der Waals surface area contributed by atoms with Crippen LogP contribution in [0.2, 0.25) is 15.1 Å². The van der Waals surface area contributed by atoms with Crippen molar-refractivity contribution in [2.45, 2.75) is 51.1 Å². The van der Waals surface area contributed by atoms with Gasteiger partial charge in [-0.25, -0.2) is 4.98 Å². The van der Waals surface area contributed by atoms with E-state index in [0.29, 0.717) is 20.9 Å². The molecule has 1 aromatic carbocycles. The molecule has 1 atom stereocenters. The van der Waals surface area contributed by atoms with Gasteiger partial charge in [0, 0.05) is 42.3 Å². The van der Waals surface area contributed by atoms with Crippen LogP contribution in [0.3, 0.4) is 0 Å². The smallest absolute Gasteiger partial charge is 0.227 e. The van der Waals surface area contributed by atoms with Gasteiger partial charge in [-0.1, -0.05) is 60.1 Å². The summed E-state index contributed by atoms with van der Waals surface area (Å²) in [5.41, 5.74) is 0.943. The largest absolute Gasteiger partial charge is 0.362 e. The Morgan fingerprint density at radius 1 is 1.00 bits per heavy atom. The molecule has 8 heteroatoms. The molecule has 1 aliphatic carbocycles. The van der Waals surface area contributed by atoms with E-state index in [1.165, 1.54) is 32.1 Å². The lowest BCUT2D eigenvalue weighted by atomic mass is 9.94. The van der Waals surface area contributed by atoms with Crippen molar-refractivity contribution < 1.29 is 0 Å². The minimum absolute atomic E-state index is 0.0711. The lowest BCUT2D eigenvalue weighted by Crippen LogP contribution is -2.51. The van der Waals surface area contributed by atoms with Crippen LogP contribution in [-0.2, 0) is 0 Å². The van der Waals surface area contributed by atoms with Crippen LogP contribution in [0.4, 0.5) is 11.8 Å². The van der Waals surface area contributed by atoms with Crippen molar-refractivity contribution in [2.75, 3.05) is 36.4 Å². The summed E-state index contributed by atoms with van der Waals surface area (Å²) in [6.45, 7) is 6.04. The number of hydrogen-bond acceptors (Lipinski definition) is 5. The molecule has 5 nitrogen and oxygen atoms in total. The molecule has 0 bridgehead atoms. The predicted octanol–water partition coefficient (Wildman–Crippen LogP) is 6.06. The van der Waals surface area contributed by atoms with Gasteiger partial charge in [0.25, 0.3) is 0 Å². The van der Waals surface area contributed by atoms with Crippen molar-refractivity contribution in [2.24, 2.45) is 0 Å². The molecule has 1 N–H and O–H groups in total. The molecule has 0 amide bonds. The van der Waals surface area contributed by atoms with Gasteiger partial charge in [0.05, 0.1) is 12.2 Å². The van der Waals surface area contributed by atoms with Gasteiger partial charge in [-0.15, -0.1) is 0 Å². The third-order valence-corrected chi connectivity index (χ3v) is 7.04. The van der Waals surface area contributed by atoms with E-state index in [1.54, 1.807) is 12.3 Å². The molecule has 2 heterocycles. The number of hydrogen-bond donors (Lipinski definition) is 1. The minimum Gasteiger partial charge on any atom is -0.362 e. The SMILES string of the molecule is C[C@@H](Nc1nc(N2CCN(C3CCCCC3)CC2)ncc1Cl)c1ccc(Cl)cc1Cl. The maximum atomic E-state index is 6.39. The number of anilines is 2. The van der Waals surface area contributed by atoms with Crippen LogP contribution >= 0.6 is 34.8 Å². The Kier molecular flexibility index (Phi) is 7.24. The first-order valence-corrected chi connectivity index (χ1v) is 11.9. The number of piperazine rings is 1. The van der Waals surface area contributed by atoms with E-state index < -0.39 is 0 Å². The zero-order valence-corrected chi connectivity index (χ0v) is 19.5. The second kappa shape index (κ2) is 9.90. The second-order valence-corrected chi connectivity index (χ2v) is 9.46. The highest BCUT2D eigenvalue weighted by molar-refractivity contribution is 6.35. The standard InChI is InChI=1S/C22H28Cl3N5/c1-15(18-8-7-16(23)13-19(18)24)27-21-20(25)14-26-22(28-21)30-11-9-29(10-12-30)17-5-3-2-4-6-17/h7-8,13-15,17H,2-6,9-12H2,1H3,(H,26,27,28)/t15-/m1/s1. The molecule has 30 heavy (non-hydrogen) atoms. The van der Waals surface area contributed by atoms with E-state index in [4.69, 9.17) is 39.8 Å². The molecule has 0 spiro atoms. The van der Waals surface area contributed by atoms with E-state index in [0.717, 1.165) is 43.7 Å². The summed E-state index contributed by atoms with van der Waals surface area (Å²) in [5.74, 6) is 1.34. The lowest BCUT2D eigenvalue weighted by Gasteiger charge is -2.40. The first-order chi connectivity index (χ1) is 14.5. The Hall–Kier alpha value is -1.27. The monoisotopic (exact) mass is 467 g/mol. The average molecular weight is 469 g/mol. The van der Waals surface area contributed by atoms with Gasteiger partial charge in [0.2, 0.25) is 5.95 Å². The first kappa shape index (κ1) is 21.9. The van der Waals surface area contributed by atoms with Gasteiger partial charge >= 0.3 is 0 Å². The third kappa shape index (κ3) is 5.13. The summed E-state index contributed by atoms with van der Waals surface area (Å²) in [6, 6.07) is 6.19. The molecule has 162 valence electrons. The Labute approximate surface area is 193 Å². The van der Waals surface area contributed by atoms with Crippen LogP contribution in [0, 0.1) is 0 Å². The molecule has 1 aromatic heterocycles. The summed E-state index contributed by atoms with van der Waals surface area (Å²) >= 11 is 18.8. The van der Waals surface area contributed by atoms with Crippen LogP contribution in [0.15, 0.2) is 24.4 Å². The summed E-state index contributed by atoms with van der Waals surface area (Å²) < 4.78 is 0. The van der Waals surface area contributed by atoms with Gasteiger partial charge in [-0.3, -0.25) is 4.90 Å². The molecule has 1 aliphatic heterocycles. The van der Waals surface area contributed by atoms with Crippen LogP contribution in [0.1, 0.15) is 50.6 Å². The van der Waals surface area contributed by atoms with Crippen molar-refractivity contribution >= 4 is 46.6 Å². The first-order valence-electron chi connectivity index (χ1n) is 10.7. The highest BCUT2D eigenvalue weighted by Crippen LogP contribution is 2.31. The molecule has 4 rings (SSSR count). The molecule has 2 aromatic rings. The van der Waals surface area contributed by atoms with Crippen LogP contribution < -0.4 is 10.2 Å². The highest BCUT2D eigenvalue weighted by atomic mass is 35.5. The van der Waals surface area contributed by atoms with Gasteiger partial charge in [-0.2, -0.15) is 4.98 Å². The second-order valence-electron chi connectivity index (χ2n) is 8.21. The molecule has 0 radical (unpaired) electrons. The number of halogens is 3. The Bertz CT molecular complexity index is 864. The van der Waals surface area contributed by atoms with E-state index in [1.807, 2.05) is 19.1 Å². The molecule has 2 fully saturated rings. The fourth-order valence-corrected chi connectivity index (χ4v) is 5.20. The molecular formula is C22H28Cl3N5. The zero-order chi connectivity index (χ0) is 21.1. The predicted molar refractivity (Wildman–Crippen MR) is 126 cm³/mol. The van der Waals surface area contributed by atoms with Crippen LogP contribution in [0.5, 0.6) is 0 Å². The van der Waals surface area contributed by atoms with Gasteiger partial charge in [-0.05, 0) is 37.5 Å². The lowest BCUT2D eigenvalue weighted by molar-refractivity contribution is 0.147. The van der Waals surface area contributed by atoms with Gasteiger partial charge in [0.1, 0.15) is 5.02 Å². The normalized spacial score (nSPS) is 19.7. The van der Waals surface area contributed by atoms with Gasteiger partial charge in [0.15, 0.2) is 5.82 Å². The highest BCUT2D eigenvalue weighted by Gasteiger charge is 2.26. The maximum absolute atomic E-state index is 6.39. The van der Waals surface area contributed by atoms with Gasteiger partial charge < -0.3 is 10.2 Å². The van der Waals surface area contributed by atoms with Crippen LogP contribution in [-0.4, -0.2) is 47.1 Å². The van der Waals surface area contributed by atoms with E-state index in [-0.39, 0.29) is 6.04 Å². The third-order valence-electron chi connectivity index (χ3n) is 6.20. The molecule has 1 saturated heterocycles. The summed E-state index contributed by atoms with van der Waals surface area (Å²) in [4.78, 5) is 14.1. The molecular weight excluding hydrogens is 441 g/mol. The van der Waals surface area contributed by atoms with Crippen molar-refractivity contribution in [1.29, 1.82) is 0 Å². The van der Waals surface area contributed by atoms with Crippen LogP contribution in [0.25, 0.3) is 0 Å². The molecule has 1 saturated carbocycles. The quantitative estimate of drug-likeness (QED) is 0.577. The summed E-state index contributed by atoms with van der Waals surface area (Å²) in [6.07, 6.45) is 8.50. The van der Waals surface area contributed by atoms with Crippen molar-refractivity contribution in [3.05, 3.63) is 45.0 Å². The summed E-state index contributed by atoms with van der Waals surface area (Å²) in [7, 11) is 0. The topological polar surface area (TPSA) is 44.3 Å². The number of rotatable bonds is 5.